The van der Waals surface area contributed by atoms with Crippen molar-refractivity contribution in [3.8, 4) is 5.75 Å². The summed E-state index contributed by atoms with van der Waals surface area (Å²) in [5, 5.41) is 3.79. The van der Waals surface area contributed by atoms with Gasteiger partial charge in [-0.1, -0.05) is 23.4 Å². The summed E-state index contributed by atoms with van der Waals surface area (Å²) in [7, 11) is 0. The Balaban J connectivity index is 1.55. The normalized spacial score (nSPS) is 17.0. The number of unbranched alkanes of at least 4 members (excludes halogenated alkanes) is 1. The van der Waals surface area contributed by atoms with Crippen molar-refractivity contribution in [2.45, 2.75) is 38.7 Å². The van der Waals surface area contributed by atoms with Crippen LogP contribution in [0.4, 0.5) is 0 Å². The Hall–Kier alpha value is -2.04. The average Bonchev–Trinajstić information content (AvgIpc) is 2.97. The summed E-state index contributed by atoms with van der Waals surface area (Å²) in [6, 6.07) is 9.76. The van der Waals surface area contributed by atoms with E-state index in [1.54, 1.807) is 6.92 Å². The van der Waals surface area contributed by atoms with Crippen LogP contribution >= 0.6 is 0 Å². The maximum absolute atomic E-state index is 11.5. The summed E-state index contributed by atoms with van der Waals surface area (Å²) < 4.78 is 10.5. The smallest absolute Gasteiger partial charge is 0.356 e. The van der Waals surface area contributed by atoms with Gasteiger partial charge in [-0.2, -0.15) is 0 Å². The Morgan fingerprint density at radius 2 is 2.14 bits per heavy atom. The standard InChI is InChI=1S/C16H21NO4/c1-2-19-16(18)15-12-14(21-17-15)10-6-7-11-20-13-8-4-3-5-9-13/h3-5,8-9,14H,2,6-7,10-12H2,1H3. The molecule has 2 rings (SSSR count). The Labute approximate surface area is 124 Å². The predicted octanol–water partition coefficient (Wildman–Crippen LogP) is 2.94. The summed E-state index contributed by atoms with van der Waals surface area (Å²) in [5.41, 5.74) is 0.391. The lowest BCUT2D eigenvalue weighted by Gasteiger charge is -2.08. The van der Waals surface area contributed by atoms with Crippen LogP contribution < -0.4 is 4.74 Å². The molecule has 5 heteroatoms. The number of carbonyl (C=O) groups excluding carboxylic acids is 1. The van der Waals surface area contributed by atoms with E-state index >= 15 is 0 Å². The molecule has 1 aromatic carbocycles. The number of rotatable bonds is 8. The van der Waals surface area contributed by atoms with Gasteiger partial charge in [-0.05, 0) is 38.3 Å². The average molecular weight is 291 g/mol. The van der Waals surface area contributed by atoms with Crippen molar-refractivity contribution in [1.29, 1.82) is 0 Å². The number of hydrogen-bond donors (Lipinski definition) is 0. The summed E-state index contributed by atoms with van der Waals surface area (Å²) >= 11 is 0. The molecule has 0 amide bonds. The molecule has 0 aliphatic carbocycles. The molecule has 0 spiro atoms. The van der Waals surface area contributed by atoms with Crippen LogP contribution in [0, 0.1) is 0 Å². The first kappa shape index (κ1) is 15.4. The minimum atomic E-state index is -0.368. The van der Waals surface area contributed by atoms with E-state index in [-0.39, 0.29) is 12.1 Å². The molecule has 1 aromatic rings. The molecule has 0 aromatic heterocycles. The number of hydrogen-bond acceptors (Lipinski definition) is 5. The van der Waals surface area contributed by atoms with E-state index in [0.717, 1.165) is 25.0 Å². The first-order chi connectivity index (χ1) is 10.3. The van der Waals surface area contributed by atoms with E-state index in [1.165, 1.54) is 0 Å². The molecule has 1 heterocycles. The highest BCUT2D eigenvalue weighted by Gasteiger charge is 2.26. The molecule has 21 heavy (non-hydrogen) atoms. The van der Waals surface area contributed by atoms with Gasteiger partial charge in [-0.3, -0.25) is 0 Å². The maximum Gasteiger partial charge on any atom is 0.356 e. The highest BCUT2D eigenvalue weighted by atomic mass is 16.6. The molecule has 0 bridgehead atoms. The molecule has 1 atom stereocenters. The molecule has 1 aliphatic rings. The van der Waals surface area contributed by atoms with Crippen LogP contribution in [-0.4, -0.2) is 31.0 Å². The van der Waals surface area contributed by atoms with E-state index in [4.69, 9.17) is 14.3 Å². The molecular formula is C16H21NO4. The molecule has 114 valence electrons. The number of benzene rings is 1. The molecular weight excluding hydrogens is 270 g/mol. The molecule has 1 aliphatic heterocycles. The Morgan fingerprint density at radius 1 is 1.33 bits per heavy atom. The third-order valence-corrected chi connectivity index (χ3v) is 3.18. The van der Waals surface area contributed by atoms with Crippen LogP contribution in [0.1, 0.15) is 32.6 Å². The van der Waals surface area contributed by atoms with Gasteiger partial charge in [0.15, 0.2) is 5.71 Å². The zero-order chi connectivity index (χ0) is 14.9. The second-order valence-electron chi connectivity index (χ2n) is 4.85. The minimum absolute atomic E-state index is 0.0128. The molecule has 0 saturated carbocycles. The lowest BCUT2D eigenvalue weighted by Crippen LogP contribution is -2.18. The van der Waals surface area contributed by atoms with Crippen molar-refractivity contribution in [3.63, 3.8) is 0 Å². The van der Waals surface area contributed by atoms with E-state index in [0.29, 0.717) is 25.3 Å². The van der Waals surface area contributed by atoms with Crippen molar-refractivity contribution in [3.05, 3.63) is 30.3 Å². The van der Waals surface area contributed by atoms with Crippen molar-refractivity contribution in [2.75, 3.05) is 13.2 Å². The number of para-hydroxylation sites is 1. The van der Waals surface area contributed by atoms with Crippen molar-refractivity contribution < 1.29 is 19.1 Å². The van der Waals surface area contributed by atoms with E-state index in [1.807, 2.05) is 30.3 Å². The number of nitrogens with zero attached hydrogens (tertiary/aromatic N) is 1. The highest BCUT2D eigenvalue weighted by molar-refractivity contribution is 6.36. The fourth-order valence-corrected chi connectivity index (χ4v) is 2.10. The SMILES string of the molecule is CCOC(=O)C1=NOC(CCCCOc2ccccc2)C1. The summed E-state index contributed by atoms with van der Waals surface area (Å²) in [5.74, 6) is 0.523. The van der Waals surface area contributed by atoms with Crippen LogP contribution in [0.25, 0.3) is 0 Å². The van der Waals surface area contributed by atoms with Crippen LogP contribution in [0.3, 0.4) is 0 Å². The van der Waals surface area contributed by atoms with Gasteiger partial charge in [0.2, 0.25) is 0 Å². The van der Waals surface area contributed by atoms with Crippen molar-refractivity contribution in [2.24, 2.45) is 5.16 Å². The molecule has 1 unspecified atom stereocenters. The third kappa shape index (κ3) is 5.10. The fraction of sp³-hybridized carbons (Fsp3) is 0.500. The Kier molecular flexibility index (Phi) is 6.06. The zero-order valence-electron chi connectivity index (χ0n) is 12.3. The van der Waals surface area contributed by atoms with E-state index in [9.17, 15) is 4.79 Å². The minimum Gasteiger partial charge on any atom is -0.494 e. The lowest BCUT2D eigenvalue weighted by atomic mass is 10.1. The molecule has 0 N–H and O–H groups in total. The van der Waals surface area contributed by atoms with Gasteiger partial charge in [-0.15, -0.1) is 0 Å². The summed E-state index contributed by atoms with van der Waals surface area (Å²) in [6.45, 7) is 2.82. The van der Waals surface area contributed by atoms with Gasteiger partial charge in [0.05, 0.1) is 13.2 Å². The van der Waals surface area contributed by atoms with Gasteiger partial charge in [-0.25, -0.2) is 4.79 Å². The van der Waals surface area contributed by atoms with Crippen molar-refractivity contribution >= 4 is 11.7 Å². The van der Waals surface area contributed by atoms with Gasteiger partial charge in [0, 0.05) is 6.42 Å². The first-order valence-corrected chi connectivity index (χ1v) is 7.37. The van der Waals surface area contributed by atoms with Crippen LogP contribution in [0.5, 0.6) is 5.75 Å². The third-order valence-electron chi connectivity index (χ3n) is 3.18. The topological polar surface area (TPSA) is 57.1 Å². The lowest BCUT2D eigenvalue weighted by molar-refractivity contribution is -0.135. The van der Waals surface area contributed by atoms with Gasteiger partial charge >= 0.3 is 5.97 Å². The highest BCUT2D eigenvalue weighted by Crippen LogP contribution is 2.17. The number of oxime groups is 1. The van der Waals surface area contributed by atoms with E-state index < -0.39 is 0 Å². The maximum atomic E-state index is 11.5. The fourth-order valence-electron chi connectivity index (χ4n) is 2.10. The first-order valence-electron chi connectivity index (χ1n) is 7.37. The van der Waals surface area contributed by atoms with Crippen LogP contribution in [-0.2, 0) is 14.4 Å². The van der Waals surface area contributed by atoms with Gasteiger partial charge in [0.25, 0.3) is 0 Å². The quantitative estimate of drug-likeness (QED) is 0.546. The summed E-state index contributed by atoms with van der Waals surface area (Å²) in [6.07, 6.45) is 3.32. The van der Waals surface area contributed by atoms with Crippen LogP contribution in [0.15, 0.2) is 35.5 Å². The number of carbonyl (C=O) groups is 1. The predicted molar refractivity (Wildman–Crippen MR) is 79.3 cm³/mol. The van der Waals surface area contributed by atoms with Crippen LogP contribution in [0.2, 0.25) is 0 Å². The van der Waals surface area contributed by atoms with Crippen molar-refractivity contribution in [1.82, 2.24) is 0 Å². The monoisotopic (exact) mass is 291 g/mol. The largest absolute Gasteiger partial charge is 0.494 e. The second-order valence-corrected chi connectivity index (χ2v) is 4.85. The molecule has 0 saturated heterocycles. The number of ether oxygens (including phenoxy) is 2. The Bertz CT molecular complexity index is 472. The Morgan fingerprint density at radius 3 is 2.90 bits per heavy atom. The zero-order valence-corrected chi connectivity index (χ0v) is 12.3. The van der Waals surface area contributed by atoms with Gasteiger partial charge < -0.3 is 14.3 Å². The molecule has 0 fully saturated rings. The molecule has 0 radical (unpaired) electrons. The molecule has 5 nitrogen and oxygen atoms in total. The van der Waals surface area contributed by atoms with E-state index in [2.05, 4.69) is 5.16 Å². The second kappa shape index (κ2) is 8.29. The summed E-state index contributed by atoms with van der Waals surface area (Å²) in [4.78, 5) is 16.7. The van der Waals surface area contributed by atoms with Gasteiger partial charge in [0.1, 0.15) is 11.9 Å². The number of esters is 1.